The monoisotopic (exact) mass is 245 g/mol. The smallest absolute Gasteiger partial charge is 0.199 e. The number of hydrogen-bond acceptors (Lipinski definition) is 2. The molecule has 5 heteroatoms. The lowest BCUT2D eigenvalue weighted by molar-refractivity contribution is 0.599. The summed E-state index contributed by atoms with van der Waals surface area (Å²) in [5, 5.41) is 0. The Morgan fingerprint density at radius 1 is 1.25 bits per heavy atom. The minimum atomic E-state index is -3.41. The van der Waals surface area contributed by atoms with Crippen molar-refractivity contribution < 1.29 is 8.42 Å². The summed E-state index contributed by atoms with van der Waals surface area (Å²) in [7, 11) is -3.41. The number of fused-ring (bicyclic) bond motifs is 1. The Bertz CT molecular complexity index is 464. The van der Waals surface area contributed by atoms with Gasteiger partial charge in [0.2, 0.25) is 0 Å². The van der Waals surface area contributed by atoms with E-state index in [1.165, 1.54) is 0 Å². The first kappa shape index (κ1) is 7.94. The topological polar surface area (TPSA) is 46.5 Å². The summed E-state index contributed by atoms with van der Waals surface area (Å²) in [4.78, 5) is 0.275. The van der Waals surface area contributed by atoms with Gasteiger partial charge in [0.1, 0.15) is 4.62 Å². The summed E-state index contributed by atoms with van der Waals surface area (Å²) in [6.07, 6.45) is 0. The Hall–Kier alpha value is -0.680. The molecule has 0 fully saturated rings. The molecule has 3 nitrogen and oxygen atoms in total. The van der Waals surface area contributed by atoms with Gasteiger partial charge in [0.25, 0.3) is 10.0 Å². The van der Waals surface area contributed by atoms with Crippen LogP contribution in [0.3, 0.4) is 0 Å². The summed E-state index contributed by atoms with van der Waals surface area (Å²) < 4.78 is 26.4. The largest absolute Gasteiger partial charge is 0.284 e. The average Bonchev–Trinajstić information content (AvgIpc) is 2.25. The molecule has 0 bridgehead atoms. The molecule has 12 heavy (non-hydrogen) atoms. The lowest BCUT2D eigenvalue weighted by atomic mass is 10.2. The number of halogens is 1. The quantitative estimate of drug-likeness (QED) is 0.696. The van der Waals surface area contributed by atoms with Crippen LogP contribution in [0.25, 0.3) is 0 Å². The Balaban J connectivity index is 2.86. The molecule has 2 rings (SSSR count). The van der Waals surface area contributed by atoms with Gasteiger partial charge in [-0.1, -0.05) is 18.2 Å². The van der Waals surface area contributed by atoms with Gasteiger partial charge < -0.3 is 0 Å². The van der Waals surface area contributed by atoms with Gasteiger partial charge in [0, 0.05) is 5.56 Å². The van der Waals surface area contributed by atoms with Crippen LogP contribution in [0, 0.1) is 0 Å². The molecule has 0 aliphatic carbocycles. The lowest BCUT2D eigenvalue weighted by Crippen LogP contribution is -1.92. The third-order valence-corrected chi connectivity index (χ3v) is 3.76. The van der Waals surface area contributed by atoms with Crippen LogP contribution < -0.4 is 0 Å². The van der Waals surface area contributed by atoms with Crippen LogP contribution in [0.2, 0.25) is 0 Å². The van der Waals surface area contributed by atoms with Gasteiger partial charge in [0.15, 0.2) is 0 Å². The second kappa shape index (κ2) is 2.40. The zero-order chi connectivity index (χ0) is 8.77. The number of nitrogens with zero attached hydrogens (tertiary/aromatic N) is 1. The van der Waals surface area contributed by atoms with Gasteiger partial charge in [-0.25, -0.2) is 0 Å². The lowest BCUT2D eigenvalue weighted by Gasteiger charge is -1.93. The van der Waals surface area contributed by atoms with Crippen molar-refractivity contribution in [3.05, 3.63) is 29.8 Å². The SMILES string of the molecule is O=S1(=O)N=C(Br)c2ccccc21. The zero-order valence-electron chi connectivity index (χ0n) is 5.86. The van der Waals surface area contributed by atoms with Crippen molar-refractivity contribution in [1.82, 2.24) is 0 Å². The van der Waals surface area contributed by atoms with E-state index in [0.717, 1.165) is 0 Å². The number of hydrogen-bond donors (Lipinski definition) is 0. The maximum Gasteiger partial charge on any atom is 0.284 e. The Morgan fingerprint density at radius 3 is 2.58 bits per heavy atom. The fraction of sp³-hybridized carbons (Fsp3) is 0. The molecule has 0 N–H and O–H groups in total. The van der Waals surface area contributed by atoms with E-state index in [4.69, 9.17) is 0 Å². The highest BCUT2D eigenvalue weighted by atomic mass is 79.9. The molecule has 0 saturated heterocycles. The van der Waals surface area contributed by atoms with Gasteiger partial charge in [-0.05, 0) is 22.0 Å². The predicted octanol–water partition coefficient (Wildman–Crippen LogP) is 1.53. The van der Waals surface area contributed by atoms with E-state index in [1.54, 1.807) is 24.3 Å². The molecule has 1 aliphatic heterocycles. The maximum atomic E-state index is 11.2. The Morgan fingerprint density at radius 2 is 1.92 bits per heavy atom. The minimum absolute atomic E-state index is 0.275. The highest BCUT2D eigenvalue weighted by molar-refractivity contribution is 9.18. The summed E-state index contributed by atoms with van der Waals surface area (Å²) in [5.41, 5.74) is 0.637. The predicted molar refractivity (Wildman–Crippen MR) is 49.1 cm³/mol. The number of benzene rings is 1. The van der Waals surface area contributed by atoms with Crippen molar-refractivity contribution in [2.75, 3.05) is 0 Å². The molecule has 0 unspecified atom stereocenters. The van der Waals surface area contributed by atoms with Crippen LogP contribution in [-0.4, -0.2) is 13.0 Å². The van der Waals surface area contributed by atoms with Crippen molar-refractivity contribution in [3.63, 3.8) is 0 Å². The summed E-state index contributed by atoms with van der Waals surface area (Å²) in [6, 6.07) is 6.71. The van der Waals surface area contributed by atoms with Crippen LogP contribution in [0.4, 0.5) is 0 Å². The second-order valence-corrected chi connectivity index (χ2v) is 4.68. The molecule has 1 aliphatic rings. The zero-order valence-corrected chi connectivity index (χ0v) is 8.26. The first-order chi connectivity index (χ1) is 5.61. The number of sulfonamides is 1. The average molecular weight is 246 g/mol. The van der Waals surface area contributed by atoms with Crippen molar-refractivity contribution in [3.8, 4) is 0 Å². The van der Waals surface area contributed by atoms with Crippen LogP contribution in [0.15, 0.2) is 33.6 Å². The molecule has 0 radical (unpaired) electrons. The first-order valence-electron chi connectivity index (χ1n) is 3.21. The second-order valence-electron chi connectivity index (χ2n) is 2.35. The van der Waals surface area contributed by atoms with Gasteiger partial charge in [-0.2, -0.15) is 12.8 Å². The third kappa shape index (κ3) is 1.01. The van der Waals surface area contributed by atoms with Gasteiger partial charge in [-0.3, -0.25) is 0 Å². The standard InChI is InChI=1S/C7H4BrNO2S/c8-7-5-3-1-2-4-6(5)12(10,11)9-7/h1-4H. The van der Waals surface area contributed by atoms with Crippen LogP contribution >= 0.6 is 15.9 Å². The summed E-state index contributed by atoms with van der Waals surface area (Å²) in [5.74, 6) is 0. The fourth-order valence-electron chi connectivity index (χ4n) is 1.07. The van der Waals surface area contributed by atoms with E-state index >= 15 is 0 Å². The van der Waals surface area contributed by atoms with Crippen LogP contribution in [-0.2, 0) is 10.0 Å². The molecule has 1 heterocycles. The van der Waals surface area contributed by atoms with E-state index in [0.29, 0.717) is 10.2 Å². The third-order valence-electron chi connectivity index (χ3n) is 1.59. The van der Waals surface area contributed by atoms with E-state index < -0.39 is 10.0 Å². The van der Waals surface area contributed by atoms with Gasteiger partial charge in [0.05, 0.1) is 4.90 Å². The fourth-order valence-corrected chi connectivity index (χ4v) is 3.22. The van der Waals surface area contributed by atoms with Crippen molar-refractivity contribution in [2.24, 2.45) is 4.40 Å². The van der Waals surface area contributed by atoms with Crippen LogP contribution in [0.5, 0.6) is 0 Å². The Labute approximate surface area is 78.3 Å². The van der Waals surface area contributed by atoms with Crippen molar-refractivity contribution >= 4 is 30.6 Å². The molecule has 62 valence electrons. The molecule has 1 aromatic rings. The van der Waals surface area contributed by atoms with E-state index in [-0.39, 0.29) is 4.90 Å². The molecule has 0 amide bonds. The molecule has 0 spiro atoms. The first-order valence-corrected chi connectivity index (χ1v) is 5.44. The van der Waals surface area contributed by atoms with Crippen LogP contribution in [0.1, 0.15) is 5.56 Å². The highest BCUT2D eigenvalue weighted by Crippen LogP contribution is 2.27. The van der Waals surface area contributed by atoms with Crippen molar-refractivity contribution in [2.45, 2.75) is 4.90 Å². The van der Waals surface area contributed by atoms with Gasteiger partial charge in [-0.15, -0.1) is 0 Å². The summed E-state index contributed by atoms with van der Waals surface area (Å²) >= 11 is 3.08. The van der Waals surface area contributed by atoms with Crippen molar-refractivity contribution in [1.29, 1.82) is 0 Å². The number of rotatable bonds is 0. The molecule has 0 saturated carbocycles. The van der Waals surface area contributed by atoms with E-state index in [2.05, 4.69) is 20.3 Å². The Kier molecular flexibility index (Phi) is 1.59. The minimum Gasteiger partial charge on any atom is -0.199 e. The van der Waals surface area contributed by atoms with E-state index in [9.17, 15) is 8.42 Å². The molecule has 0 aromatic heterocycles. The van der Waals surface area contributed by atoms with E-state index in [1.807, 2.05) is 0 Å². The molecule has 1 aromatic carbocycles. The molecular weight excluding hydrogens is 242 g/mol. The van der Waals surface area contributed by atoms with Gasteiger partial charge >= 0.3 is 0 Å². The highest BCUT2D eigenvalue weighted by Gasteiger charge is 2.26. The molecule has 0 atom stereocenters. The normalized spacial score (nSPS) is 18.6. The summed E-state index contributed by atoms with van der Waals surface area (Å²) in [6.45, 7) is 0. The molecular formula is C7H4BrNO2S. The maximum absolute atomic E-state index is 11.2.